The van der Waals surface area contributed by atoms with Gasteiger partial charge in [0.05, 0.1) is 19.3 Å². The fourth-order valence-electron chi connectivity index (χ4n) is 2.40. The number of anilines is 1. The Morgan fingerprint density at radius 1 is 1.04 bits per heavy atom. The van der Waals surface area contributed by atoms with Crippen LogP contribution in [0.5, 0.6) is 11.5 Å². The third kappa shape index (κ3) is 5.74. The number of carbonyl (C=O) groups excluding carboxylic acids is 2. The Morgan fingerprint density at radius 2 is 1.81 bits per heavy atom. The lowest BCUT2D eigenvalue weighted by molar-refractivity contribution is -0.119. The molecule has 0 fully saturated rings. The van der Waals surface area contributed by atoms with Crippen molar-refractivity contribution in [3.63, 3.8) is 0 Å². The number of ether oxygens (including phenoxy) is 3. The molecule has 0 aliphatic carbocycles. The molecule has 0 aliphatic heterocycles. The molecule has 2 aromatic carbocycles. The van der Waals surface area contributed by atoms with Gasteiger partial charge in [-0.25, -0.2) is 4.79 Å². The summed E-state index contributed by atoms with van der Waals surface area (Å²) in [6.45, 7) is 6.02. The molecule has 0 unspecified atom stereocenters. The molecule has 0 heterocycles. The largest absolute Gasteiger partial charge is 0.493 e. The smallest absolute Gasteiger partial charge is 0.338 e. The van der Waals surface area contributed by atoms with E-state index in [9.17, 15) is 9.59 Å². The SMILES string of the molecule is CCCOc1ccc(C(=O)OCC(=O)Nc2cc(C)ccc2C)cc1OC. The summed E-state index contributed by atoms with van der Waals surface area (Å²) < 4.78 is 15.9. The van der Waals surface area contributed by atoms with Gasteiger partial charge in [-0.15, -0.1) is 0 Å². The number of methoxy groups -OCH3 is 1. The van der Waals surface area contributed by atoms with Crippen molar-refractivity contribution in [3.8, 4) is 11.5 Å². The maximum absolute atomic E-state index is 12.2. The lowest BCUT2D eigenvalue weighted by atomic mass is 10.1. The zero-order valence-corrected chi connectivity index (χ0v) is 16.1. The number of aryl methyl sites for hydroxylation is 2. The molecule has 2 rings (SSSR count). The average Bonchev–Trinajstić information content (AvgIpc) is 2.67. The Kier molecular flexibility index (Phi) is 7.23. The number of carbonyl (C=O) groups is 2. The van der Waals surface area contributed by atoms with Gasteiger partial charge in [0.1, 0.15) is 0 Å². The molecule has 27 heavy (non-hydrogen) atoms. The minimum absolute atomic E-state index is 0.287. The number of benzene rings is 2. The lowest BCUT2D eigenvalue weighted by Gasteiger charge is -2.12. The van der Waals surface area contributed by atoms with Crippen molar-refractivity contribution < 1.29 is 23.8 Å². The minimum atomic E-state index is -0.605. The molecule has 0 bridgehead atoms. The second-order valence-corrected chi connectivity index (χ2v) is 6.16. The lowest BCUT2D eigenvalue weighted by Crippen LogP contribution is -2.21. The summed E-state index contributed by atoms with van der Waals surface area (Å²) in [5.74, 6) is -0.000303. The van der Waals surface area contributed by atoms with Gasteiger partial charge in [-0.2, -0.15) is 0 Å². The van der Waals surface area contributed by atoms with Gasteiger partial charge < -0.3 is 19.5 Å². The van der Waals surface area contributed by atoms with Crippen molar-refractivity contribution in [1.82, 2.24) is 0 Å². The highest BCUT2D eigenvalue weighted by Crippen LogP contribution is 2.28. The summed E-state index contributed by atoms with van der Waals surface area (Å²) in [6, 6.07) is 10.5. The third-order valence-corrected chi connectivity index (χ3v) is 3.86. The molecule has 0 saturated carbocycles. The fraction of sp³-hybridized carbons (Fsp3) is 0.333. The fourth-order valence-corrected chi connectivity index (χ4v) is 2.40. The van der Waals surface area contributed by atoms with E-state index in [0.717, 1.165) is 17.5 Å². The maximum Gasteiger partial charge on any atom is 0.338 e. The van der Waals surface area contributed by atoms with Gasteiger partial charge in [0.25, 0.3) is 5.91 Å². The molecule has 0 saturated heterocycles. The van der Waals surface area contributed by atoms with E-state index in [-0.39, 0.29) is 12.2 Å². The first-order valence-corrected chi connectivity index (χ1v) is 8.79. The summed E-state index contributed by atoms with van der Waals surface area (Å²) in [7, 11) is 1.50. The number of esters is 1. The predicted molar refractivity (Wildman–Crippen MR) is 104 cm³/mol. The molecule has 0 spiro atoms. The topological polar surface area (TPSA) is 73.9 Å². The van der Waals surface area contributed by atoms with E-state index in [1.807, 2.05) is 39.0 Å². The average molecular weight is 371 g/mol. The van der Waals surface area contributed by atoms with E-state index in [1.165, 1.54) is 13.2 Å². The summed E-state index contributed by atoms with van der Waals surface area (Å²) in [6.07, 6.45) is 0.864. The second-order valence-electron chi connectivity index (χ2n) is 6.16. The van der Waals surface area contributed by atoms with Crippen molar-refractivity contribution in [2.45, 2.75) is 27.2 Å². The Hall–Kier alpha value is -3.02. The summed E-state index contributed by atoms with van der Waals surface area (Å²) in [4.78, 5) is 24.3. The van der Waals surface area contributed by atoms with Crippen molar-refractivity contribution in [2.75, 3.05) is 25.6 Å². The van der Waals surface area contributed by atoms with E-state index in [1.54, 1.807) is 12.1 Å². The Balaban J connectivity index is 1.96. The normalized spacial score (nSPS) is 10.2. The Morgan fingerprint density at radius 3 is 2.52 bits per heavy atom. The molecule has 1 N–H and O–H groups in total. The molecule has 2 aromatic rings. The first-order valence-electron chi connectivity index (χ1n) is 8.79. The van der Waals surface area contributed by atoms with Gasteiger partial charge in [-0.3, -0.25) is 4.79 Å². The first kappa shape index (κ1) is 20.3. The molecule has 0 radical (unpaired) electrons. The maximum atomic E-state index is 12.2. The minimum Gasteiger partial charge on any atom is -0.493 e. The quantitative estimate of drug-likeness (QED) is 0.713. The molecule has 6 nitrogen and oxygen atoms in total. The number of hydrogen-bond donors (Lipinski definition) is 1. The van der Waals surface area contributed by atoms with Crippen LogP contribution in [-0.2, 0) is 9.53 Å². The van der Waals surface area contributed by atoms with Crippen molar-refractivity contribution >= 4 is 17.6 Å². The van der Waals surface area contributed by atoms with Gasteiger partial charge in [0, 0.05) is 5.69 Å². The van der Waals surface area contributed by atoms with Crippen molar-refractivity contribution in [1.29, 1.82) is 0 Å². The molecule has 6 heteroatoms. The van der Waals surface area contributed by atoms with E-state index < -0.39 is 11.9 Å². The van der Waals surface area contributed by atoms with Gasteiger partial charge in [-0.05, 0) is 55.7 Å². The standard InChI is InChI=1S/C21H25NO5/c1-5-10-26-18-9-8-16(12-19(18)25-4)21(24)27-13-20(23)22-17-11-14(2)6-7-15(17)3/h6-9,11-12H,5,10,13H2,1-4H3,(H,22,23). The second kappa shape index (κ2) is 9.62. The molecule has 0 atom stereocenters. The van der Waals surface area contributed by atoms with Crippen LogP contribution in [0.2, 0.25) is 0 Å². The number of hydrogen-bond acceptors (Lipinski definition) is 5. The molecular weight excluding hydrogens is 346 g/mol. The van der Waals surface area contributed by atoms with Gasteiger partial charge >= 0.3 is 5.97 Å². The molecular formula is C21H25NO5. The highest BCUT2D eigenvalue weighted by Gasteiger charge is 2.14. The summed E-state index contributed by atoms with van der Waals surface area (Å²) in [5.41, 5.74) is 2.96. The van der Waals surface area contributed by atoms with E-state index in [2.05, 4.69) is 5.32 Å². The van der Waals surface area contributed by atoms with Gasteiger partial charge in [0.15, 0.2) is 18.1 Å². The van der Waals surface area contributed by atoms with Crippen LogP contribution in [0, 0.1) is 13.8 Å². The van der Waals surface area contributed by atoms with Crippen LogP contribution in [0.25, 0.3) is 0 Å². The predicted octanol–water partition coefficient (Wildman–Crippen LogP) is 3.90. The molecule has 144 valence electrons. The zero-order valence-electron chi connectivity index (χ0n) is 16.1. The molecule has 1 amide bonds. The molecule has 0 aliphatic rings. The number of amides is 1. The van der Waals surface area contributed by atoms with E-state index >= 15 is 0 Å². The third-order valence-electron chi connectivity index (χ3n) is 3.86. The van der Waals surface area contributed by atoms with Crippen molar-refractivity contribution in [3.05, 3.63) is 53.1 Å². The monoisotopic (exact) mass is 371 g/mol. The van der Waals surface area contributed by atoms with Crippen LogP contribution in [0.4, 0.5) is 5.69 Å². The molecule has 0 aromatic heterocycles. The highest BCUT2D eigenvalue weighted by atomic mass is 16.5. The van der Waals surface area contributed by atoms with Crippen molar-refractivity contribution in [2.24, 2.45) is 0 Å². The van der Waals surface area contributed by atoms with Gasteiger partial charge in [0.2, 0.25) is 0 Å². The number of nitrogens with one attached hydrogen (secondary N) is 1. The van der Waals surface area contributed by atoms with Crippen LogP contribution in [0.15, 0.2) is 36.4 Å². The van der Waals surface area contributed by atoms with Crippen LogP contribution in [0.1, 0.15) is 34.8 Å². The van der Waals surface area contributed by atoms with E-state index in [4.69, 9.17) is 14.2 Å². The van der Waals surface area contributed by atoms with Crippen LogP contribution >= 0.6 is 0 Å². The summed E-state index contributed by atoms with van der Waals surface area (Å²) in [5, 5.41) is 2.75. The van der Waals surface area contributed by atoms with Gasteiger partial charge in [-0.1, -0.05) is 19.1 Å². The highest BCUT2D eigenvalue weighted by molar-refractivity contribution is 5.96. The Bertz CT molecular complexity index is 816. The Labute approximate surface area is 159 Å². The van der Waals surface area contributed by atoms with Crippen LogP contribution < -0.4 is 14.8 Å². The first-order chi connectivity index (χ1) is 12.9. The number of rotatable bonds is 8. The van der Waals surface area contributed by atoms with Crippen LogP contribution in [0.3, 0.4) is 0 Å². The van der Waals surface area contributed by atoms with Crippen LogP contribution in [-0.4, -0.2) is 32.2 Å². The summed E-state index contributed by atoms with van der Waals surface area (Å²) >= 11 is 0. The van der Waals surface area contributed by atoms with E-state index in [0.29, 0.717) is 23.8 Å². The zero-order chi connectivity index (χ0) is 19.8.